The SMILES string of the molecule is CC(=O)n1c(-c2ccccc2)c2c3c(ccc(C)c31)OCC2. The number of hydrogen-bond acceptors (Lipinski definition) is 2. The van der Waals surface area contributed by atoms with Crippen LogP contribution in [0.2, 0.25) is 0 Å². The summed E-state index contributed by atoms with van der Waals surface area (Å²) in [6.07, 6.45) is 0.831. The molecule has 0 spiro atoms. The van der Waals surface area contributed by atoms with Crippen LogP contribution in [0.25, 0.3) is 22.2 Å². The zero-order valence-corrected chi connectivity index (χ0v) is 12.7. The first-order valence-electron chi connectivity index (χ1n) is 7.54. The molecular formula is C19H17NO2. The Hall–Kier alpha value is -2.55. The molecule has 2 aromatic carbocycles. The Morgan fingerprint density at radius 3 is 2.64 bits per heavy atom. The van der Waals surface area contributed by atoms with Gasteiger partial charge >= 0.3 is 0 Å². The van der Waals surface area contributed by atoms with Gasteiger partial charge in [-0.1, -0.05) is 36.4 Å². The van der Waals surface area contributed by atoms with E-state index in [9.17, 15) is 4.79 Å². The van der Waals surface area contributed by atoms with Crippen molar-refractivity contribution in [3.63, 3.8) is 0 Å². The van der Waals surface area contributed by atoms with E-state index >= 15 is 0 Å². The Morgan fingerprint density at radius 1 is 1.14 bits per heavy atom. The third-order valence-electron chi connectivity index (χ3n) is 4.35. The van der Waals surface area contributed by atoms with Crippen molar-refractivity contribution in [3.8, 4) is 17.0 Å². The van der Waals surface area contributed by atoms with E-state index in [1.165, 1.54) is 5.56 Å². The lowest BCUT2D eigenvalue weighted by Gasteiger charge is -2.15. The molecule has 1 aliphatic heterocycles. The van der Waals surface area contributed by atoms with E-state index in [4.69, 9.17) is 4.74 Å². The van der Waals surface area contributed by atoms with E-state index < -0.39 is 0 Å². The van der Waals surface area contributed by atoms with Gasteiger partial charge in [0.1, 0.15) is 5.75 Å². The van der Waals surface area contributed by atoms with E-state index in [-0.39, 0.29) is 5.91 Å². The van der Waals surface area contributed by atoms with Crippen molar-refractivity contribution in [1.29, 1.82) is 0 Å². The number of nitrogens with zero attached hydrogens (tertiary/aromatic N) is 1. The molecule has 3 nitrogen and oxygen atoms in total. The van der Waals surface area contributed by atoms with Gasteiger partial charge in [-0.05, 0) is 29.7 Å². The Balaban J connectivity index is 2.21. The molecule has 0 amide bonds. The molecule has 22 heavy (non-hydrogen) atoms. The Bertz CT molecular complexity index is 891. The second-order valence-electron chi connectivity index (χ2n) is 5.75. The van der Waals surface area contributed by atoms with E-state index in [1.54, 1.807) is 6.92 Å². The van der Waals surface area contributed by atoms with E-state index in [0.29, 0.717) is 6.61 Å². The standard InChI is InChI=1S/C19H17NO2/c1-12-8-9-16-17-15(10-11-22-16)19(14-6-4-3-5-7-14)20(13(2)21)18(12)17/h3-9H,10-11H2,1-2H3. The smallest absolute Gasteiger partial charge is 0.228 e. The lowest BCUT2D eigenvalue weighted by atomic mass is 10.00. The van der Waals surface area contributed by atoms with Crippen LogP contribution in [-0.4, -0.2) is 17.1 Å². The normalized spacial score (nSPS) is 13.2. The van der Waals surface area contributed by atoms with Gasteiger partial charge in [0.15, 0.2) is 0 Å². The van der Waals surface area contributed by atoms with Gasteiger partial charge < -0.3 is 4.74 Å². The Kier molecular flexibility index (Phi) is 2.83. The van der Waals surface area contributed by atoms with E-state index in [2.05, 4.69) is 12.1 Å². The summed E-state index contributed by atoms with van der Waals surface area (Å²) < 4.78 is 7.66. The average molecular weight is 291 g/mol. The first kappa shape index (κ1) is 13.1. The topological polar surface area (TPSA) is 31.2 Å². The van der Waals surface area contributed by atoms with Gasteiger partial charge in [-0.15, -0.1) is 0 Å². The molecule has 4 rings (SSSR count). The van der Waals surface area contributed by atoms with Crippen molar-refractivity contribution in [2.75, 3.05) is 6.61 Å². The van der Waals surface area contributed by atoms with Crippen molar-refractivity contribution in [2.45, 2.75) is 20.3 Å². The summed E-state index contributed by atoms with van der Waals surface area (Å²) in [5.74, 6) is 0.927. The molecule has 1 aromatic heterocycles. The summed E-state index contributed by atoms with van der Waals surface area (Å²) >= 11 is 0. The van der Waals surface area contributed by atoms with E-state index in [0.717, 1.165) is 39.9 Å². The first-order valence-corrected chi connectivity index (χ1v) is 7.54. The maximum atomic E-state index is 12.4. The van der Waals surface area contributed by atoms with Crippen LogP contribution in [0.5, 0.6) is 5.75 Å². The molecule has 0 bridgehead atoms. The molecule has 2 heterocycles. The van der Waals surface area contributed by atoms with Crippen molar-refractivity contribution in [3.05, 3.63) is 53.6 Å². The van der Waals surface area contributed by atoms with E-state index in [1.807, 2.05) is 41.8 Å². The molecule has 0 aliphatic carbocycles. The monoisotopic (exact) mass is 291 g/mol. The minimum absolute atomic E-state index is 0.0391. The van der Waals surface area contributed by atoms with Gasteiger partial charge in [0.25, 0.3) is 0 Å². The lowest BCUT2D eigenvalue weighted by Crippen LogP contribution is -2.09. The minimum atomic E-state index is 0.0391. The zero-order chi connectivity index (χ0) is 15.3. The average Bonchev–Trinajstić information content (AvgIpc) is 2.89. The third kappa shape index (κ3) is 1.72. The number of benzene rings is 2. The van der Waals surface area contributed by atoms with Gasteiger partial charge in [0.2, 0.25) is 5.91 Å². The summed E-state index contributed by atoms with van der Waals surface area (Å²) in [5.41, 5.74) is 5.40. The fraction of sp³-hybridized carbons (Fsp3) is 0.211. The number of carbonyl (C=O) groups is 1. The van der Waals surface area contributed by atoms with Gasteiger partial charge in [0.05, 0.1) is 17.8 Å². The van der Waals surface area contributed by atoms with Crippen LogP contribution >= 0.6 is 0 Å². The summed E-state index contributed by atoms with van der Waals surface area (Å²) in [6, 6.07) is 14.2. The van der Waals surface area contributed by atoms with Crippen LogP contribution in [-0.2, 0) is 6.42 Å². The van der Waals surface area contributed by atoms with Crippen molar-refractivity contribution >= 4 is 16.8 Å². The first-order chi connectivity index (χ1) is 10.7. The Morgan fingerprint density at radius 2 is 1.91 bits per heavy atom. The van der Waals surface area contributed by atoms with Crippen LogP contribution in [0.15, 0.2) is 42.5 Å². The van der Waals surface area contributed by atoms with Crippen LogP contribution in [0.3, 0.4) is 0 Å². The van der Waals surface area contributed by atoms with Gasteiger partial charge in [-0.3, -0.25) is 9.36 Å². The molecule has 0 radical (unpaired) electrons. The summed E-state index contributed by atoms with van der Waals surface area (Å²) in [7, 11) is 0. The minimum Gasteiger partial charge on any atom is -0.493 e. The maximum absolute atomic E-state index is 12.4. The highest BCUT2D eigenvalue weighted by Gasteiger charge is 2.26. The number of hydrogen-bond donors (Lipinski definition) is 0. The number of aromatic nitrogens is 1. The summed E-state index contributed by atoms with van der Waals surface area (Å²) in [4.78, 5) is 12.4. The predicted molar refractivity (Wildman–Crippen MR) is 87.6 cm³/mol. The van der Waals surface area contributed by atoms with Gasteiger partial charge in [-0.25, -0.2) is 0 Å². The molecule has 0 fully saturated rings. The van der Waals surface area contributed by atoms with Crippen molar-refractivity contribution in [2.24, 2.45) is 0 Å². The zero-order valence-electron chi connectivity index (χ0n) is 12.7. The summed E-state index contributed by atoms with van der Waals surface area (Å²) in [6.45, 7) is 4.33. The molecule has 3 heteroatoms. The Labute approximate surface area is 129 Å². The highest BCUT2D eigenvalue weighted by atomic mass is 16.5. The number of aryl methyl sites for hydroxylation is 1. The van der Waals surface area contributed by atoms with Crippen molar-refractivity contribution < 1.29 is 9.53 Å². The lowest BCUT2D eigenvalue weighted by molar-refractivity contribution is 0.0943. The number of ether oxygens (including phenoxy) is 1. The largest absolute Gasteiger partial charge is 0.493 e. The predicted octanol–water partition coefficient (Wildman–Crippen LogP) is 4.21. The molecule has 3 aromatic rings. The van der Waals surface area contributed by atoms with Gasteiger partial charge in [0, 0.05) is 18.7 Å². The second-order valence-corrected chi connectivity index (χ2v) is 5.75. The molecule has 1 aliphatic rings. The second kappa shape index (κ2) is 4.73. The van der Waals surface area contributed by atoms with Gasteiger partial charge in [-0.2, -0.15) is 0 Å². The summed E-state index contributed by atoms with van der Waals surface area (Å²) in [5, 5.41) is 1.10. The molecular weight excluding hydrogens is 274 g/mol. The number of carbonyl (C=O) groups excluding carboxylic acids is 1. The van der Waals surface area contributed by atoms with Crippen LogP contribution in [0, 0.1) is 6.92 Å². The molecule has 0 saturated heterocycles. The fourth-order valence-corrected chi connectivity index (χ4v) is 3.46. The molecule has 0 saturated carbocycles. The number of rotatable bonds is 1. The molecule has 110 valence electrons. The van der Waals surface area contributed by atoms with Crippen LogP contribution < -0.4 is 4.74 Å². The van der Waals surface area contributed by atoms with Crippen LogP contribution in [0.1, 0.15) is 22.8 Å². The fourth-order valence-electron chi connectivity index (χ4n) is 3.46. The van der Waals surface area contributed by atoms with Crippen molar-refractivity contribution in [1.82, 2.24) is 4.57 Å². The third-order valence-corrected chi connectivity index (χ3v) is 4.35. The maximum Gasteiger partial charge on any atom is 0.228 e. The highest BCUT2D eigenvalue weighted by molar-refractivity contribution is 6.05. The molecule has 0 unspecified atom stereocenters. The highest BCUT2D eigenvalue weighted by Crippen LogP contribution is 2.42. The molecule has 0 atom stereocenters. The van der Waals surface area contributed by atoms with Crippen LogP contribution in [0.4, 0.5) is 0 Å². The quantitative estimate of drug-likeness (QED) is 0.672. The molecule has 0 N–H and O–H groups in total.